The van der Waals surface area contributed by atoms with Crippen LogP contribution in [0.1, 0.15) is 13.3 Å². The fourth-order valence-corrected chi connectivity index (χ4v) is 1.33. The van der Waals surface area contributed by atoms with Crippen LogP contribution in [-0.2, 0) is 14.9 Å². The van der Waals surface area contributed by atoms with Gasteiger partial charge in [-0.1, -0.05) is 13.0 Å². The Balaban J connectivity index is 0. The summed E-state index contributed by atoms with van der Waals surface area (Å²) in [6, 6.07) is 0. The van der Waals surface area contributed by atoms with E-state index >= 15 is 0 Å². The zero-order valence-corrected chi connectivity index (χ0v) is 11.4. The van der Waals surface area contributed by atoms with E-state index in [0.717, 1.165) is 6.08 Å². The Morgan fingerprint density at radius 3 is 2.31 bits per heavy atom. The van der Waals surface area contributed by atoms with Crippen LogP contribution in [0.2, 0.25) is 0 Å². The van der Waals surface area contributed by atoms with Crippen molar-refractivity contribution in [2.75, 3.05) is 0 Å². The maximum absolute atomic E-state index is 10.5. The third-order valence-corrected chi connectivity index (χ3v) is 2.49. The molecule has 0 aromatic heterocycles. The minimum atomic E-state index is -4.19. The molecule has 0 saturated heterocycles. The number of aliphatic carboxylic acids is 1. The zero-order valence-electron chi connectivity index (χ0n) is 7.43. The van der Waals surface area contributed by atoms with Crippen LogP contribution in [0.3, 0.4) is 0 Å². The van der Waals surface area contributed by atoms with E-state index in [1.54, 1.807) is 0 Å². The summed E-state index contributed by atoms with van der Waals surface area (Å²) in [6.45, 7) is 1.51. The number of carboxylic acid groups (broad SMARTS) is 1. The first-order valence-electron chi connectivity index (χ1n) is 3.23. The van der Waals surface area contributed by atoms with Gasteiger partial charge in [0, 0.05) is 0 Å². The molecule has 0 bridgehead atoms. The molecule has 0 heterocycles. The first-order valence-corrected chi connectivity index (χ1v) is 4.73. The van der Waals surface area contributed by atoms with Crippen LogP contribution in [0.4, 0.5) is 0 Å². The molecule has 7 heteroatoms. The summed E-state index contributed by atoms with van der Waals surface area (Å²) in [5.41, 5.74) is 0. The number of carbonyl (C=O) groups excluding carboxylic acids is 1. The Morgan fingerprint density at radius 1 is 1.62 bits per heavy atom. The molecule has 1 atom stereocenters. The Bertz CT molecular complexity index is 281. The van der Waals surface area contributed by atoms with Gasteiger partial charge in [0.25, 0.3) is 10.1 Å². The molecule has 0 aliphatic rings. The molecule has 0 aliphatic carbocycles. The Morgan fingerprint density at radius 2 is 2.08 bits per heavy atom. The van der Waals surface area contributed by atoms with E-state index in [1.807, 2.05) is 0 Å². The average Bonchev–Trinajstić information content (AvgIpc) is 1.85. The molecule has 70 valence electrons. The first-order chi connectivity index (χ1) is 5.38. The van der Waals surface area contributed by atoms with E-state index in [9.17, 15) is 18.3 Å². The van der Waals surface area contributed by atoms with Gasteiger partial charge in [0.1, 0.15) is 5.25 Å². The third kappa shape index (κ3) is 7.80. The van der Waals surface area contributed by atoms with Crippen LogP contribution in [0.25, 0.3) is 0 Å². The van der Waals surface area contributed by atoms with Gasteiger partial charge in [-0.3, -0.25) is 4.55 Å². The molecule has 0 aliphatic heterocycles. The normalized spacial score (nSPS) is 13.7. The van der Waals surface area contributed by atoms with Gasteiger partial charge in [-0.25, -0.2) is 0 Å². The molecule has 0 fully saturated rings. The summed E-state index contributed by atoms with van der Waals surface area (Å²) >= 11 is 0. The van der Waals surface area contributed by atoms with Crippen molar-refractivity contribution >= 4 is 16.1 Å². The number of carboxylic acids is 1. The predicted octanol–water partition coefficient (Wildman–Crippen LogP) is -4.04. The molecule has 0 aromatic rings. The van der Waals surface area contributed by atoms with Gasteiger partial charge in [0.05, 0.1) is 5.97 Å². The predicted molar refractivity (Wildman–Crippen MR) is 39.8 cm³/mol. The molecule has 0 aromatic carbocycles. The van der Waals surface area contributed by atoms with Crippen LogP contribution in [0.5, 0.6) is 0 Å². The van der Waals surface area contributed by atoms with E-state index in [1.165, 1.54) is 6.92 Å². The van der Waals surface area contributed by atoms with Crippen molar-refractivity contribution in [1.82, 2.24) is 0 Å². The zero-order chi connectivity index (χ0) is 9.78. The SMILES string of the molecule is CCC(C=CC(=O)[O-])S(=O)(=O)O.[K+]. The first kappa shape index (κ1) is 16.2. The molecule has 0 saturated carbocycles. The van der Waals surface area contributed by atoms with Gasteiger partial charge in [-0.2, -0.15) is 8.42 Å². The van der Waals surface area contributed by atoms with Crippen LogP contribution in [0, 0.1) is 0 Å². The molecular weight excluding hydrogens is 223 g/mol. The van der Waals surface area contributed by atoms with E-state index in [2.05, 4.69) is 0 Å². The molecule has 0 spiro atoms. The quantitative estimate of drug-likeness (QED) is 0.302. The van der Waals surface area contributed by atoms with E-state index in [-0.39, 0.29) is 57.8 Å². The molecule has 0 radical (unpaired) electrons. The third-order valence-electron chi connectivity index (χ3n) is 1.23. The number of hydrogen-bond donors (Lipinski definition) is 1. The fourth-order valence-electron chi connectivity index (χ4n) is 0.632. The molecule has 0 rings (SSSR count). The Hall–Kier alpha value is 0.756. The average molecular weight is 232 g/mol. The minimum absolute atomic E-state index is 0. The maximum atomic E-state index is 10.5. The monoisotopic (exact) mass is 232 g/mol. The smallest absolute Gasteiger partial charge is 0.545 e. The summed E-state index contributed by atoms with van der Waals surface area (Å²) in [6.07, 6.45) is 1.58. The van der Waals surface area contributed by atoms with E-state index in [0.29, 0.717) is 6.08 Å². The van der Waals surface area contributed by atoms with Crippen molar-refractivity contribution in [2.24, 2.45) is 0 Å². The maximum Gasteiger partial charge on any atom is 1.00 e. The van der Waals surface area contributed by atoms with Crippen LogP contribution < -0.4 is 56.5 Å². The van der Waals surface area contributed by atoms with Crippen LogP contribution >= 0.6 is 0 Å². The fraction of sp³-hybridized carbons (Fsp3) is 0.500. The van der Waals surface area contributed by atoms with Crippen molar-refractivity contribution in [2.45, 2.75) is 18.6 Å². The van der Waals surface area contributed by atoms with Gasteiger partial charge in [-0.05, 0) is 12.5 Å². The van der Waals surface area contributed by atoms with Crippen molar-refractivity contribution in [3.8, 4) is 0 Å². The molecule has 1 unspecified atom stereocenters. The number of hydrogen-bond acceptors (Lipinski definition) is 4. The Labute approximate surface area is 119 Å². The molecule has 0 amide bonds. The van der Waals surface area contributed by atoms with Gasteiger partial charge < -0.3 is 9.90 Å². The Kier molecular flexibility index (Phi) is 8.85. The van der Waals surface area contributed by atoms with Crippen molar-refractivity contribution < 1.29 is 74.3 Å². The molecular formula is C6H9KO5S. The topological polar surface area (TPSA) is 94.5 Å². The summed E-state index contributed by atoms with van der Waals surface area (Å²) in [7, 11) is -4.19. The van der Waals surface area contributed by atoms with Crippen LogP contribution in [0.15, 0.2) is 12.2 Å². The van der Waals surface area contributed by atoms with E-state index < -0.39 is 21.3 Å². The van der Waals surface area contributed by atoms with Crippen molar-refractivity contribution in [3.05, 3.63) is 12.2 Å². The van der Waals surface area contributed by atoms with Crippen molar-refractivity contribution in [1.29, 1.82) is 0 Å². The summed E-state index contributed by atoms with van der Waals surface area (Å²) in [5.74, 6) is -1.49. The second-order valence-corrected chi connectivity index (χ2v) is 3.78. The van der Waals surface area contributed by atoms with Gasteiger partial charge in [-0.15, -0.1) is 0 Å². The van der Waals surface area contributed by atoms with Crippen LogP contribution in [-0.4, -0.2) is 24.2 Å². The second kappa shape index (κ2) is 7.10. The minimum Gasteiger partial charge on any atom is -0.545 e. The number of carbonyl (C=O) groups is 1. The summed E-state index contributed by atoms with van der Waals surface area (Å²) < 4.78 is 29.4. The second-order valence-electron chi connectivity index (χ2n) is 2.14. The van der Waals surface area contributed by atoms with Gasteiger partial charge in [0.15, 0.2) is 0 Å². The van der Waals surface area contributed by atoms with Crippen molar-refractivity contribution in [3.63, 3.8) is 0 Å². The summed E-state index contributed by atoms with van der Waals surface area (Å²) in [5, 5.41) is 8.70. The molecule has 13 heavy (non-hydrogen) atoms. The standard InChI is InChI=1S/C6H10O5S.K/c1-2-5(12(9,10)11)3-4-6(7)8;/h3-5H,2H2,1H3,(H,7,8)(H,9,10,11);/q;+1/p-1. The molecule has 5 nitrogen and oxygen atoms in total. The number of rotatable bonds is 4. The van der Waals surface area contributed by atoms with Gasteiger partial charge in [0.2, 0.25) is 0 Å². The van der Waals surface area contributed by atoms with E-state index in [4.69, 9.17) is 4.55 Å². The summed E-state index contributed by atoms with van der Waals surface area (Å²) in [4.78, 5) is 9.87. The largest absolute Gasteiger partial charge is 1.00 e. The van der Waals surface area contributed by atoms with Gasteiger partial charge >= 0.3 is 51.4 Å². The molecule has 1 N–H and O–H groups in total.